The summed E-state index contributed by atoms with van der Waals surface area (Å²) in [6.45, 7) is 0.673. The lowest BCUT2D eigenvalue weighted by Crippen LogP contribution is -2.36. The summed E-state index contributed by atoms with van der Waals surface area (Å²) in [5.74, 6) is -2.06. The van der Waals surface area contributed by atoms with Crippen molar-refractivity contribution in [3.63, 3.8) is 0 Å². The number of hydrogen-bond donors (Lipinski definition) is 2. The van der Waals surface area contributed by atoms with E-state index in [2.05, 4.69) is 5.32 Å². The Morgan fingerprint density at radius 3 is 2.61 bits per heavy atom. The molecule has 0 bridgehead atoms. The Morgan fingerprint density at radius 1 is 1.33 bits per heavy atom. The molecule has 1 aromatic rings. The SMILES string of the molecule is Oc1c(F)ccc(C(F)(F)F)c1[C@@H]1COCCN1. The van der Waals surface area contributed by atoms with E-state index in [9.17, 15) is 22.7 Å². The summed E-state index contributed by atoms with van der Waals surface area (Å²) < 4.78 is 56.7. The van der Waals surface area contributed by atoms with Gasteiger partial charge in [0.25, 0.3) is 0 Å². The third-order valence-corrected chi connectivity index (χ3v) is 2.74. The molecule has 7 heteroatoms. The standard InChI is InChI=1S/C11H11F4NO2/c12-7-2-1-6(11(13,14)15)9(10(7)17)8-5-18-4-3-16-8/h1-2,8,16-17H,3-5H2/t8-/m0/s1. The van der Waals surface area contributed by atoms with Crippen LogP contribution in [0.5, 0.6) is 5.75 Å². The van der Waals surface area contributed by atoms with Crippen molar-refractivity contribution in [3.8, 4) is 5.75 Å². The average Bonchev–Trinajstić information content (AvgIpc) is 2.32. The second-order valence-corrected chi connectivity index (χ2v) is 3.94. The van der Waals surface area contributed by atoms with Crippen LogP contribution in [-0.4, -0.2) is 24.9 Å². The lowest BCUT2D eigenvalue weighted by atomic mass is 9.98. The van der Waals surface area contributed by atoms with Crippen LogP contribution < -0.4 is 5.32 Å². The number of hydrogen-bond acceptors (Lipinski definition) is 3. The largest absolute Gasteiger partial charge is 0.505 e. The predicted octanol–water partition coefficient (Wildman–Crippen LogP) is 2.21. The third-order valence-electron chi connectivity index (χ3n) is 2.74. The summed E-state index contributed by atoms with van der Waals surface area (Å²) >= 11 is 0. The van der Waals surface area contributed by atoms with Gasteiger partial charge in [-0.15, -0.1) is 0 Å². The van der Waals surface area contributed by atoms with Gasteiger partial charge < -0.3 is 15.2 Å². The minimum atomic E-state index is -4.65. The van der Waals surface area contributed by atoms with Crippen molar-refractivity contribution in [3.05, 3.63) is 29.1 Å². The Kier molecular flexibility index (Phi) is 3.45. The summed E-state index contributed by atoms with van der Waals surface area (Å²) in [6, 6.07) is 0.359. The normalized spacial score (nSPS) is 21.0. The molecule has 100 valence electrons. The summed E-state index contributed by atoms with van der Waals surface area (Å²) in [6.07, 6.45) is -4.65. The van der Waals surface area contributed by atoms with E-state index in [-0.39, 0.29) is 6.61 Å². The molecule has 0 aliphatic carbocycles. The van der Waals surface area contributed by atoms with E-state index in [0.29, 0.717) is 25.3 Å². The van der Waals surface area contributed by atoms with Gasteiger partial charge in [0, 0.05) is 12.1 Å². The molecule has 18 heavy (non-hydrogen) atoms. The molecule has 1 fully saturated rings. The highest BCUT2D eigenvalue weighted by Gasteiger charge is 2.38. The lowest BCUT2D eigenvalue weighted by Gasteiger charge is -2.27. The van der Waals surface area contributed by atoms with Gasteiger partial charge in [0.05, 0.1) is 24.8 Å². The molecule has 0 aromatic heterocycles. The molecule has 1 aliphatic heterocycles. The van der Waals surface area contributed by atoms with Crippen LogP contribution in [0, 0.1) is 5.82 Å². The van der Waals surface area contributed by atoms with Crippen molar-refractivity contribution in [2.24, 2.45) is 0 Å². The number of nitrogens with one attached hydrogen (secondary N) is 1. The molecule has 1 atom stereocenters. The van der Waals surface area contributed by atoms with Crippen molar-refractivity contribution >= 4 is 0 Å². The molecule has 1 heterocycles. The van der Waals surface area contributed by atoms with E-state index in [1.54, 1.807) is 0 Å². The van der Waals surface area contributed by atoms with E-state index in [0.717, 1.165) is 0 Å². The van der Waals surface area contributed by atoms with Crippen molar-refractivity contribution in [1.29, 1.82) is 0 Å². The fraction of sp³-hybridized carbons (Fsp3) is 0.455. The van der Waals surface area contributed by atoms with E-state index in [4.69, 9.17) is 4.74 Å². The smallest absolute Gasteiger partial charge is 0.416 e. The maximum absolute atomic E-state index is 13.2. The molecular formula is C11H11F4NO2. The highest BCUT2D eigenvalue weighted by atomic mass is 19.4. The third kappa shape index (κ3) is 2.41. The van der Waals surface area contributed by atoms with Gasteiger partial charge in [-0.2, -0.15) is 13.2 Å². The zero-order valence-corrected chi connectivity index (χ0v) is 9.22. The molecular weight excluding hydrogens is 254 g/mol. The van der Waals surface area contributed by atoms with Gasteiger partial charge in [-0.05, 0) is 12.1 Å². The number of ether oxygens (including phenoxy) is 1. The van der Waals surface area contributed by atoms with Crippen LogP contribution in [0.1, 0.15) is 17.2 Å². The first-order valence-electron chi connectivity index (χ1n) is 5.31. The molecule has 1 saturated heterocycles. The highest BCUT2D eigenvalue weighted by Crippen LogP contribution is 2.40. The number of phenols is 1. The first-order valence-corrected chi connectivity index (χ1v) is 5.31. The van der Waals surface area contributed by atoms with Crippen LogP contribution >= 0.6 is 0 Å². The molecule has 0 unspecified atom stereocenters. The monoisotopic (exact) mass is 265 g/mol. The quantitative estimate of drug-likeness (QED) is 0.765. The van der Waals surface area contributed by atoms with Gasteiger partial charge in [-0.3, -0.25) is 0 Å². The summed E-state index contributed by atoms with van der Waals surface area (Å²) in [5.41, 5.74) is -1.55. The zero-order valence-electron chi connectivity index (χ0n) is 9.22. The van der Waals surface area contributed by atoms with Crippen molar-refractivity contribution < 1.29 is 27.4 Å². The fourth-order valence-corrected chi connectivity index (χ4v) is 1.93. The molecule has 0 saturated carbocycles. The van der Waals surface area contributed by atoms with E-state index in [1.165, 1.54) is 0 Å². The fourth-order valence-electron chi connectivity index (χ4n) is 1.93. The first kappa shape index (κ1) is 13.1. The molecule has 1 aliphatic rings. The number of phenolic OH excluding ortho intramolecular Hbond substituents is 1. The van der Waals surface area contributed by atoms with Crippen molar-refractivity contribution in [2.75, 3.05) is 19.8 Å². The molecule has 0 amide bonds. The van der Waals surface area contributed by atoms with Crippen molar-refractivity contribution in [1.82, 2.24) is 5.32 Å². The van der Waals surface area contributed by atoms with Gasteiger partial charge in [0.1, 0.15) is 0 Å². The van der Waals surface area contributed by atoms with Crippen LogP contribution in [0.2, 0.25) is 0 Å². The molecule has 3 nitrogen and oxygen atoms in total. The molecule has 2 rings (SSSR count). The van der Waals surface area contributed by atoms with Crippen LogP contribution in [0.3, 0.4) is 0 Å². The molecule has 0 spiro atoms. The number of halogens is 4. The summed E-state index contributed by atoms with van der Waals surface area (Å²) in [5, 5.41) is 12.3. The minimum Gasteiger partial charge on any atom is -0.505 e. The number of alkyl halides is 3. The van der Waals surface area contributed by atoms with Gasteiger partial charge >= 0.3 is 6.18 Å². The Morgan fingerprint density at radius 2 is 2.06 bits per heavy atom. The number of aromatic hydroxyl groups is 1. The number of benzene rings is 1. The van der Waals surface area contributed by atoms with Gasteiger partial charge in [-0.25, -0.2) is 4.39 Å². The Labute approximate surface area is 100 Å². The lowest BCUT2D eigenvalue weighted by molar-refractivity contribution is -0.138. The minimum absolute atomic E-state index is 0.0416. The molecule has 2 N–H and O–H groups in total. The first-order chi connectivity index (χ1) is 8.41. The number of rotatable bonds is 1. The molecule has 1 aromatic carbocycles. The van der Waals surface area contributed by atoms with Crippen molar-refractivity contribution in [2.45, 2.75) is 12.2 Å². The highest BCUT2D eigenvalue weighted by molar-refractivity contribution is 5.44. The van der Waals surface area contributed by atoms with E-state index >= 15 is 0 Å². The van der Waals surface area contributed by atoms with E-state index in [1.807, 2.05) is 0 Å². The van der Waals surface area contributed by atoms with Crippen LogP contribution in [0.15, 0.2) is 12.1 Å². The Hall–Kier alpha value is -1.34. The van der Waals surface area contributed by atoms with Crippen LogP contribution in [0.4, 0.5) is 17.6 Å². The maximum atomic E-state index is 13.2. The number of morpholine rings is 1. The zero-order chi connectivity index (χ0) is 13.3. The maximum Gasteiger partial charge on any atom is 0.416 e. The second kappa shape index (κ2) is 4.74. The second-order valence-electron chi connectivity index (χ2n) is 3.94. The van der Waals surface area contributed by atoms with Gasteiger partial charge in [0.15, 0.2) is 11.6 Å². The Balaban J connectivity index is 2.50. The summed E-state index contributed by atoms with van der Waals surface area (Å²) in [7, 11) is 0. The molecule has 0 radical (unpaired) electrons. The Bertz CT molecular complexity index is 441. The summed E-state index contributed by atoms with van der Waals surface area (Å²) in [4.78, 5) is 0. The van der Waals surface area contributed by atoms with Gasteiger partial charge in [-0.1, -0.05) is 0 Å². The van der Waals surface area contributed by atoms with Crippen LogP contribution in [0.25, 0.3) is 0 Å². The predicted molar refractivity (Wildman–Crippen MR) is 54.6 cm³/mol. The van der Waals surface area contributed by atoms with Crippen LogP contribution in [-0.2, 0) is 10.9 Å². The topological polar surface area (TPSA) is 41.5 Å². The average molecular weight is 265 g/mol. The van der Waals surface area contributed by atoms with E-state index < -0.39 is 34.9 Å². The van der Waals surface area contributed by atoms with Gasteiger partial charge in [0.2, 0.25) is 0 Å².